The number of carbonyl (C=O) groups is 1. The van der Waals surface area contributed by atoms with Crippen molar-refractivity contribution in [3.05, 3.63) is 46.9 Å². The number of nitrogens with one attached hydrogen (secondary N) is 3. The molecule has 3 N–H and O–H groups in total. The quantitative estimate of drug-likeness (QED) is 0.649. The number of fused-ring (bicyclic) bond motifs is 1. The highest BCUT2D eigenvalue weighted by Crippen LogP contribution is 2.15. The molecule has 0 spiro atoms. The smallest absolute Gasteiger partial charge is 0.263 e. The highest BCUT2D eigenvalue weighted by atomic mass is 16.2. The third-order valence-electron chi connectivity index (χ3n) is 3.93. The highest BCUT2D eigenvalue weighted by molar-refractivity contribution is 5.84. The Morgan fingerprint density at radius 2 is 1.96 bits per heavy atom. The van der Waals surface area contributed by atoms with Crippen molar-refractivity contribution in [1.29, 1.82) is 0 Å². The minimum absolute atomic E-state index is 0.0139. The van der Waals surface area contributed by atoms with E-state index in [-0.39, 0.29) is 23.3 Å². The molecule has 3 rings (SSSR count). The number of rotatable bonds is 5. The number of carbonyl (C=O) groups excluding carboxylic acids is 1. The molecule has 8 nitrogen and oxygen atoms in total. The van der Waals surface area contributed by atoms with Crippen LogP contribution in [0.25, 0.3) is 16.7 Å². The van der Waals surface area contributed by atoms with E-state index in [9.17, 15) is 9.59 Å². The number of nitrogens with zero attached hydrogens (tertiary/aromatic N) is 3. The predicted octanol–water partition coefficient (Wildman–Crippen LogP) is 1.29. The highest BCUT2D eigenvalue weighted by Gasteiger charge is 2.22. The minimum atomic E-state index is -0.515. The van der Waals surface area contributed by atoms with E-state index in [0.717, 1.165) is 5.69 Å². The van der Waals surface area contributed by atoms with E-state index in [0.29, 0.717) is 11.0 Å². The summed E-state index contributed by atoms with van der Waals surface area (Å²) in [7, 11) is 1.57. The Hall–Kier alpha value is -3.16. The number of likely N-dealkylation sites (N-methyl/N-ethyl adjacent to an activating group) is 1. The van der Waals surface area contributed by atoms with Crippen molar-refractivity contribution in [3.63, 3.8) is 0 Å². The van der Waals surface area contributed by atoms with Gasteiger partial charge in [-0.15, -0.1) is 0 Å². The maximum Gasteiger partial charge on any atom is 0.263 e. The molecule has 0 radical (unpaired) electrons. The van der Waals surface area contributed by atoms with E-state index in [2.05, 4.69) is 25.7 Å². The van der Waals surface area contributed by atoms with Crippen LogP contribution in [0.3, 0.4) is 0 Å². The van der Waals surface area contributed by atoms with Crippen molar-refractivity contribution in [3.8, 4) is 5.69 Å². The predicted molar refractivity (Wildman–Crippen MR) is 95.8 cm³/mol. The molecular weight excluding hydrogens is 320 g/mol. The summed E-state index contributed by atoms with van der Waals surface area (Å²) >= 11 is 0. The van der Waals surface area contributed by atoms with Crippen molar-refractivity contribution in [1.82, 2.24) is 25.1 Å². The van der Waals surface area contributed by atoms with Crippen LogP contribution in [0.5, 0.6) is 0 Å². The molecule has 130 valence electrons. The Morgan fingerprint density at radius 1 is 1.24 bits per heavy atom. The van der Waals surface area contributed by atoms with Gasteiger partial charge in [0.2, 0.25) is 11.9 Å². The van der Waals surface area contributed by atoms with Gasteiger partial charge in [0.1, 0.15) is 11.4 Å². The molecule has 0 fully saturated rings. The van der Waals surface area contributed by atoms with E-state index in [1.807, 2.05) is 44.2 Å². The van der Waals surface area contributed by atoms with Crippen molar-refractivity contribution < 1.29 is 4.79 Å². The molecule has 0 saturated carbocycles. The van der Waals surface area contributed by atoms with Gasteiger partial charge in [0, 0.05) is 7.05 Å². The number of hydrogen-bond donors (Lipinski definition) is 3. The van der Waals surface area contributed by atoms with Gasteiger partial charge in [-0.3, -0.25) is 14.6 Å². The first-order valence-electron chi connectivity index (χ1n) is 8.03. The van der Waals surface area contributed by atoms with Crippen LogP contribution in [-0.2, 0) is 4.79 Å². The monoisotopic (exact) mass is 340 g/mol. The lowest BCUT2D eigenvalue weighted by atomic mass is 10.0. The summed E-state index contributed by atoms with van der Waals surface area (Å²) in [6.45, 7) is 3.83. The van der Waals surface area contributed by atoms with Gasteiger partial charge in [0.05, 0.1) is 11.9 Å². The Balaban J connectivity index is 2.06. The summed E-state index contributed by atoms with van der Waals surface area (Å²) in [5, 5.41) is 10.3. The lowest BCUT2D eigenvalue weighted by Gasteiger charge is -2.20. The van der Waals surface area contributed by atoms with Crippen LogP contribution in [-0.4, -0.2) is 38.7 Å². The molecule has 0 saturated heterocycles. The molecule has 1 aromatic carbocycles. The van der Waals surface area contributed by atoms with Gasteiger partial charge >= 0.3 is 0 Å². The normalized spacial score (nSPS) is 12.3. The Kier molecular flexibility index (Phi) is 4.51. The van der Waals surface area contributed by atoms with Crippen LogP contribution in [0.15, 0.2) is 41.3 Å². The molecule has 8 heteroatoms. The van der Waals surface area contributed by atoms with E-state index >= 15 is 0 Å². The summed E-state index contributed by atoms with van der Waals surface area (Å²) in [6.07, 6.45) is 1.48. The second-order valence-electron chi connectivity index (χ2n) is 6.02. The zero-order valence-corrected chi connectivity index (χ0v) is 14.3. The van der Waals surface area contributed by atoms with Crippen LogP contribution in [0.4, 0.5) is 5.95 Å². The molecule has 0 aliphatic carbocycles. The minimum Gasteiger partial charge on any atom is -0.357 e. The number of aromatic amines is 1. The zero-order valence-electron chi connectivity index (χ0n) is 14.3. The maximum absolute atomic E-state index is 12.3. The average Bonchev–Trinajstić information content (AvgIpc) is 3.04. The van der Waals surface area contributed by atoms with Crippen LogP contribution >= 0.6 is 0 Å². The number of H-pyrrole nitrogens is 1. The fourth-order valence-electron chi connectivity index (χ4n) is 2.58. The molecule has 2 heterocycles. The van der Waals surface area contributed by atoms with Crippen molar-refractivity contribution in [2.24, 2.45) is 5.92 Å². The lowest BCUT2D eigenvalue weighted by Crippen LogP contribution is -2.42. The van der Waals surface area contributed by atoms with Gasteiger partial charge in [-0.1, -0.05) is 32.0 Å². The number of para-hydroxylation sites is 1. The number of aromatic nitrogens is 4. The van der Waals surface area contributed by atoms with E-state index in [4.69, 9.17) is 0 Å². The van der Waals surface area contributed by atoms with E-state index in [1.54, 1.807) is 11.7 Å². The number of anilines is 1. The first-order valence-corrected chi connectivity index (χ1v) is 8.03. The first-order chi connectivity index (χ1) is 12.0. The molecular formula is C17H20N6O2. The summed E-state index contributed by atoms with van der Waals surface area (Å²) < 4.78 is 1.60. The van der Waals surface area contributed by atoms with Crippen molar-refractivity contribution in [2.75, 3.05) is 12.4 Å². The lowest BCUT2D eigenvalue weighted by molar-refractivity contribution is -0.122. The molecule has 25 heavy (non-hydrogen) atoms. The molecule has 1 atom stereocenters. The van der Waals surface area contributed by atoms with Gasteiger partial charge < -0.3 is 10.6 Å². The van der Waals surface area contributed by atoms with Crippen LogP contribution < -0.4 is 16.2 Å². The topological polar surface area (TPSA) is 105 Å². The van der Waals surface area contributed by atoms with Gasteiger partial charge in [-0.25, -0.2) is 4.68 Å². The standard InChI is InChI=1S/C17H20N6O2/c1-10(2)13(16(25)18-3)20-17-21-14-12(15(24)22-17)9-19-23(14)11-7-5-4-6-8-11/h4-10,13H,1-3H3,(H,18,25)(H2,20,21,22,24). The van der Waals surface area contributed by atoms with E-state index < -0.39 is 6.04 Å². The fourth-order valence-corrected chi connectivity index (χ4v) is 2.58. The molecule has 1 unspecified atom stereocenters. The second kappa shape index (κ2) is 6.76. The number of hydrogen-bond acceptors (Lipinski definition) is 5. The van der Waals surface area contributed by atoms with E-state index in [1.165, 1.54) is 6.20 Å². The largest absolute Gasteiger partial charge is 0.357 e. The Bertz CT molecular complexity index is 945. The summed E-state index contributed by atoms with van der Waals surface area (Å²) in [4.78, 5) is 31.5. The molecule has 0 bridgehead atoms. The Labute approximate surface area is 144 Å². The third kappa shape index (κ3) is 3.23. The Morgan fingerprint density at radius 3 is 2.60 bits per heavy atom. The third-order valence-corrected chi connectivity index (χ3v) is 3.93. The van der Waals surface area contributed by atoms with Crippen LogP contribution in [0.1, 0.15) is 13.8 Å². The molecule has 1 amide bonds. The molecule has 0 aliphatic heterocycles. The van der Waals surface area contributed by atoms with Crippen molar-refractivity contribution >= 4 is 22.9 Å². The first kappa shape index (κ1) is 16.7. The van der Waals surface area contributed by atoms with Crippen LogP contribution in [0.2, 0.25) is 0 Å². The zero-order chi connectivity index (χ0) is 18.0. The van der Waals surface area contributed by atoms with Gasteiger partial charge in [-0.05, 0) is 18.1 Å². The summed E-state index contributed by atoms with van der Waals surface area (Å²) in [5.74, 6) is 0.0757. The van der Waals surface area contributed by atoms with Gasteiger partial charge in [0.25, 0.3) is 5.56 Å². The molecule has 3 aromatic rings. The van der Waals surface area contributed by atoms with Crippen LogP contribution in [0, 0.1) is 5.92 Å². The van der Waals surface area contributed by atoms with Gasteiger partial charge in [-0.2, -0.15) is 10.1 Å². The van der Waals surface area contributed by atoms with Crippen molar-refractivity contribution in [2.45, 2.75) is 19.9 Å². The number of benzene rings is 1. The average molecular weight is 340 g/mol. The fraction of sp³-hybridized carbons (Fsp3) is 0.294. The second-order valence-corrected chi connectivity index (χ2v) is 6.02. The molecule has 2 aromatic heterocycles. The maximum atomic E-state index is 12.3. The SMILES string of the molecule is CNC(=O)C(Nc1nc2c(cnn2-c2ccccc2)c(=O)[nH]1)C(C)C. The summed E-state index contributed by atoms with van der Waals surface area (Å²) in [5.41, 5.74) is 0.916. The van der Waals surface area contributed by atoms with Gasteiger partial charge in [0.15, 0.2) is 5.65 Å². The number of amides is 1. The summed E-state index contributed by atoms with van der Waals surface area (Å²) in [6, 6.07) is 8.91. The molecule has 0 aliphatic rings.